The predicted molar refractivity (Wildman–Crippen MR) is 42.0 cm³/mol. The van der Waals surface area contributed by atoms with E-state index in [-0.39, 0.29) is 5.11 Å². The van der Waals surface area contributed by atoms with Crippen LogP contribution in [0, 0.1) is 0 Å². The fraction of sp³-hybridized carbons (Fsp3) is 0.250. The minimum Gasteiger partial charge on any atom is -0.374 e. The lowest BCUT2D eigenvalue weighted by molar-refractivity contribution is -0.126. The number of carbonyl (C=O) groups is 2. The molecule has 0 aliphatic carbocycles. The first kappa shape index (κ1) is 9.63. The first-order valence-electron chi connectivity index (χ1n) is 2.61. The van der Waals surface area contributed by atoms with Gasteiger partial charge >= 0.3 is 6.03 Å². The molecule has 0 unspecified atom stereocenters. The fourth-order valence-electron chi connectivity index (χ4n) is 0.399. The van der Waals surface area contributed by atoms with Crippen molar-refractivity contribution in [1.82, 2.24) is 10.4 Å². The van der Waals surface area contributed by atoms with Crippen LogP contribution in [0.25, 0.3) is 0 Å². The molecule has 3 amide bonds. The lowest BCUT2D eigenvalue weighted by Crippen LogP contribution is -2.52. The molecule has 0 saturated heterocycles. The molecule has 6 nitrogen and oxygen atoms in total. The predicted octanol–water partition coefficient (Wildman–Crippen LogP) is -1.34. The maximum absolute atomic E-state index is 10.6. The number of urea groups is 1. The summed E-state index contributed by atoms with van der Waals surface area (Å²) in [4.78, 5) is 20.8. The number of thiocarbonyl (C=S) groups is 1. The summed E-state index contributed by atoms with van der Waals surface area (Å²) >= 11 is 4.42. The summed E-state index contributed by atoms with van der Waals surface area (Å²) in [6.07, 6.45) is 0. The minimum atomic E-state index is -0.895. The summed E-state index contributed by atoms with van der Waals surface area (Å²) in [6.45, 7) is 1.19. The van der Waals surface area contributed by atoms with Crippen LogP contribution in [0.2, 0.25) is 0 Å². The zero-order chi connectivity index (χ0) is 9.02. The Morgan fingerprint density at radius 2 is 1.91 bits per heavy atom. The Bertz CT molecular complexity index is 190. The molecule has 0 bridgehead atoms. The lowest BCUT2D eigenvalue weighted by Gasteiger charge is -2.17. The molecule has 0 fully saturated rings. The molecular formula is C4H8N4O2S. The molecule has 0 aliphatic heterocycles. The van der Waals surface area contributed by atoms with Gasteiger partial charge in [0.05, 0.1) is 0 Å². The zero-order valence-electron chi connectivity index (χ0n) is 5.83. The maximum Gasteiger partial charge on any atom is 0.331 e. The van der Waals surface area contributed by atoms with Crippen molar-refractivity contribution < 1.29 is 9.59 Å². The van der Waals surface area contributed by atoms with Crippen molar-refractivity contribution in [3.05, 3.63) is 0 Å². The van der Waals surface area contributed by atoms with E-state index in [1.807, 2.05) is 5.43 Å². The van der Waals surface area contributed by atoms with Crippen molar-refractivity contribution in [2.24, 2.45) is 11.5 Å². The number of nitrogens with two attached hydrogens (primary N) is 2. The number of hydrogen-bond acceptors (Lipinski definition) is 3. The number of rotatable bonds is 0. The first-order valence-corrected chi connectivity index (χ1v) is 3.02. The van der Waals surface area contributed by atoms with Gasteiger partial charge in [-0.3, -0.25) is 4.79 Å². The van der Waals surface area contributed by atoms with Crippen molar-refractivity contribution in [3.63, 3.8) is 0 Å². The summed E-state index contributed by atoms with van der Waals surface area (Å²) in [5.74, 6) is -0.503. The minimum absolute atomic E-state index is 0.253. The average molecular weight is 176 g/mol. The number of primary amides is 1. The molecule has 0 atom stereocenters. The van der Waals surface area contributed by atoms with Gasteiger partial charge < -0.3 is 11.5 Å². The Labute approximate surface area is 68.5 Å². The molecule has 0 rings (SSSR count). The van der Waals surface area contributed by atoms with Gasteiger partial charge in [-0.1, -0.05) is 0 Å². The molecule has 62 valence electrons. The van der Waals surface area contributed by atoms with E-state index >= 15 is 0 Å². The largest absolute Gasteiger partial charge is 0.374 e. The van der Waals surface area contributed by atoms with Crippen LogP contribution in [0.1, 0.15) is 6.92 Å². The van der Waals surface area contributed by atoms with Gasteiger partial charge in [-0.2, -0.15) is 5.01 Å². The molecule has 0 spiro atoms. The van der Waals surface area contributed by atoms with Crippen LogP contribution < -0.4 is 16.9 Å². The van der Waals surface area contributed by atoms with Crippen molar-refractivity contribution in [2.75, 3.05) is 0 Å². The number of hydrogen-bond donors (Lipinski definition) is 3. The molecule has 0 heterocycles. The Morgan fingerprint density at radius 3 is 2.00 bits per heavy atom. The third-order valence-electron chi connectivity index (χ3n) is 0.757. The normalized spacial score (nSPS) is 8.45. The van der Waals surface area contributed by atoms with Gasteiger partial charge in [0.2, 0.25) is 5.91 Å². The molecule has 0 aromatic rings. The SMILES string of the molecule is CC(=O)N(NC(N)=O)C(N)=S. The van der Waals surface area contributed by atoms with E-state index in [0.29, 0.717) is 5.01 Å². The van der Waals surface area contributed by atoms with Crippen LogP contribution >= 0.6 is 12.2 Å². The van der Waals surface area contributed by atoms with Gasteiger partial charge in [-0.15, -0.1) is 0 Å². The van der Waals surface area contributed by atoms with Crippen molar-refractivity contribution in [1.29, 1.82) is 0 Å². The quantitative estimate of drug-likeness (QED) is 0.314. The van der Waals surface area contributed by atoms with Crippen LogP contribution in [0.15, 0.2) is 0 Å². The molecule has 0 saturated carbocycles. The molecule has 11 heavy (non-hydrogen) atoms. The first-order chi connectivity index (χ1) is 4.95. The van der Waals surface area contributed by atoms with Gasteiger partial charge in [0, 0.05) is 6.92 Å². The van der Waals surface area contributed by atoms with Gasteiger partial charge in [0.15, 0.2) is 5.11 Å². The molecular weight excluding hydrogens is 168 g/mol. The highest BCUT2D eigenvalue weighted by molar-refractivity contribution is 7.80. The number of carbonyl (C=O) groups excluding carboxylic acids is 2. The van der Waals surface area contributed by atoms with E-state index in [1.165, 1.54) is 6.92 Å². The van der Waals surface area contributed by atoms with Crippen molar-refractivity contribution in [3.8, 4) is 0 Å². The average Bonchev–Trinajstić information content (AvgIpc) is 1.81. The Kier molecular flexibility index (Phi) is 3.25. The Hall–Kier alpha value is -1.37. The highest BCUT2D eigenvalue weighted by atomic mass is 32.1. The lowest BCUT2D eigenvalue weighted by atomic mass is 10.7. The smallest absolute Gasteiger partial charge is 0.331 e. The third-order valence-corrected chi connectivity index (χ3v) is 0.940. The Balaban J connectivity index is 4.23. The second-order valence-electron chi connectivity index (χ2n) is 1.67. The van der Waals surface area contributed by atoms with E-state index in [4.69, 9.17) is 11.5 Å². The molecule has 0 aromatic heterocycles. The van der Waals surface area contributed by atoms with Crippen molar-refractivity contribution in [2.45, 2.75) is 6.92 Å². The van der Waals surface area contributed by atoms with E-state index in [0.717, 1.165) is 0 Å². The number of nitrogens with one attached hydrogen (secondary N) is 1. The van der Waals surface area contributed by atoms with E-state index in [2.05, 4.69) is 12.2 Å². The Morgan fingerprint density at radius 1 is 1.45 bits per heavy atom. The molecule has 7 heteroatoms. The highest BCUT2D eigenvalue weighted by Gasteiger charge is 2.11. The van der Waals surface area contributed by atoms with Crippen LogP contribution in [0.5, 0.6) is 0 Å². The molecule has 0 radical (unpaired) electrons. The molecule has 0 aromatic carbocycles. The molecule has 0 aliphatic rings. The van der Waals surface area contributed by atoms with E-state index in [1.54, 1.807) is 0 Å². The van der Waals surface area contributed by atoms with Gasteiger partial charge in [-0.25, -0.2) is 10.2 Å². The number of nitrogens with zero attached hydrogens (tertiary/aromatic N) is 1. The topological polar surface area (TPSA) is 101 Å². The summed E-state index contributed by atoms with van der Waals surface area (Å²) in [5, 5.41) is 0.425. The van der Waals surface area contributed by atoms with Crippen LogP contribution in [-0.2, 0) is 4.79 Å². The second-order valence-corrected chi connectivity index (χ2v) is 2.09. The number of hydrazine groups is 1. The van der Waals surface area contributed by atoms with Gasteiger partial charge in [0.1, 0.15) is 0 Å². The van der Waals surface area contributed by atoms with Gasteiger partial charge in [0.25, 0.3) is 0 Å². The maximum atomic E-state index is 10.6. The van der Waals surface area contributed by atoms with Crippen molar-refractivity contribution >= 4 is 29.3 Å². The van der Waals surface area contributed by atoms with E-state index in [9.17, 15) is 9.59 Å². The van der Waals surface area contributed by atoms with Crippen LogP contribution in [0.3, 0.4) is 0 Å². The summed E-state index contributed by atoms with van der Waals surface area (Å²) in [6, 6.07) is -0.895. The summed E-state index contributed by atoms with van der Waals surface area (Å²) in [5.41, 5.74) is 11.7. The molecule has 5 N–H and O–H groups in total. The summed E-state index contributed by atoms with van der Waals surface area (Å²) < 4.78 is 0. The van der Waals surface area contributed by atoms with Gasteiger partial charge in [-0.05, 0) is 12.2 Å². The van der Waals surface area contributed by atoms with Crippen LogP contribution in [0.4, 0.5) is 4.79 Å². The monoisotopic (exact) mass is 176 g/mol. The number of amides is 3. The highest BCUT2D eigenvalue weighted by Crippen LogP contribution is 1.82. The zero-order valence-corrected chi connectivity index (χ0v) is 6.64. The summed E-state index contributed by atoms with van der Waals surface area (Å²) in [7, 11) is 0. The van der Waals surface area contributed by atoms with Crippen LogP contribution in [-0.4, -0.2) is 22.1 Å². The van der Waals surface area contributed by atoms with E-state index < -0.39 is 11.9 Å². The third kappa shape index (κ3) is 3.36. The fourth-order valence-corrected chi connectivity index (χ4v) is 0.573. The second kappa shape index (κ2) is 3.71. The standard InChI is InChI=1S/C4H8N4O2S/c1-2(9)8(4(6)11)7-3(5)10/h1H3,(H2,6,11)(H3,5,7,10).